The molecule has 1 fully saturated rings. The van der Waals surface area contributed by atoms with Crippen LogP contribution in [0.5, 0.6) is 5.75 Å². The van der Waals surface area contributed by atoms with Crippen molar-refractivity contribution in [1.82, 2.24) is 4.90 Å². The van der Waals surface area contributed by atoms with Crippen LogP contribution in [0.2, 0.25) is 0 Å². The number of hydrogen-bond acceptors (Lipinski definition) is 5. The van der Waals surface area contributed by atoms with Gasteiger partial charge in [0, 0.05) is 30.2 Å². The third-order valence-electron chi connectivity index (χ3n) is 2.97. The van der Waals surface area contributed by atoms with Crippen molar-refractivity contribution in [2.24, 2.45) is 0 Å². The average molecular weight is 282 g/mol. The van der Waals surface area contributed by atoms with Crippen LogP contribution in [0.4, 0.5) is 5.69 Å². The molecule has 6 nitrogen and oxygen atoms in total. The van der Waals surface area contributed by atoms with Gasteiger partial charge in [0.15, 0.2) is 0 Å². The monoisotopic (exact) mass is 282 g/mol. The van der Waals surface area contributed by atoms with E-state index in [4.69, 9.17) is 0 Å². The van der Waals surface area contributed by atoms with Crippen molar-refractivity contribution < 1.29 is 14.8 Å². The maximum atomic E-state index is 12.3. The van der Waals surface area contributed by atoms with E-state index in [2.05, 4.69) is 0 Å². The molecule has 1 aliphatic heterocycles. The Hall–Kier alpha value is -1.76. The highest BCUT2D eigenvalue weighted by molar-refractivity contribution is 7.99. The Bertz CT molecular complexity index is 520. The molecule has 1 heterocycles. The van der Waals surface area contributed by atoms with Gasteiger partial charge in [-0.2, -0.15) is 11.8 Å². The number of para-hydroxylation sites is 1. The lowest BCUT2D eigenvalue weighted by atomic mass is 10.1. The maximum Gasteiger partial charge on any atom is 0.311 e. The predicted octanol–water partition coefficient (Wildman–Crippen LogP) is 1.88. The van der Waals surface area contributed by atoms with E-state index in [-0.39, 0.29) is 11.5 Å². The molecule has 0 bridgehead atoms. The molecule has 1 aromatic rings. The van der Waals surface area contributed by atoms with E-state index >= 15 is 0 Å². The summed E-state index contributed by atoms with van der Waals surface area (Å²) >= 11 is 1.78. The van der Waals surface area contributed by atoms with Crippen LogP contribution in [0.15, 0.2) is 18.2 Å². The number of carbonyl (C=O) groups is 1. The molecule has 0 saturated carbocycles. The molecular formula is C12H14N2O4S. The number of rotatable bonds is 2. The summed E-state index contributed by atoms with van der Waals surface area (Å²) in [6.07, 6.45) is 0. The molecule has 1 amide bonds. The topological polar surface area (TPSA) is 83.7 Å². The van der Waals surface area contributed by atoms with E-state index < -0.39 is 16.4 Å². The zero-order chi connectivity index (χ0) is 14.0. The van der Waals surface area contributed by atoms with Gasteiger partial charge in [-0.05, 0) is 6.07 Å². The molecular weight excluding hydrogens is 268 g/mol. The second-order valence-electron chi connectivity index (χ2n) is 4.36. The Kier molecular flexibility index (Phi) is 3.94. The van der Waals surface area contributed by atoms with Gasteiger partial charge >= 0.3 is 5.69 Å². The SMILES string of the molecule is CC1CN(C(=O)c2cccc([N+](=O)[O-])c2O)CCS1. The number of nitrogens with zero attached hydrogens (tertiary/aromatic N) is 2. The summed E-state index contributed by atoms with van der Waals surface area (Å²) in [5, 5.41) is 20.9. The number of hydrogen-bond donors (Lipinski definition) is 1. The van der Waals surface area contributed by atoms with Crippen LogP contribution >= 0.6 is 11.8 Å². The maximum absolute atomic E-state index is 12.3. The number of phenols is 1. The fourth-order valence-corrected chi connectivity index (χ4v) is 3.04. The van der Waals surface area contributed by atoms with Crippen molar-refractivity contribution in [3.05, 3.63) is 33.9 Å². The second-order valence-corrected chi connectivity index (χ2v) is 5.91. The number of amides is 1. The Morgan fingerprint density at radius 3 is 2.95 bits per heavy atom. The molecule has 19 heavy (non-hydrogen) atoms. The summed E-state index contributed by atoms with van der Waals surface area (Å²) in [6.45, 7) is 3.21. The molecule has 1 aromatic carbocycles. The first-order valence-corrected chi connectivity index (χ1v) is 6.93. The number of thioether (sulfide) groups is 1. The van der Waals surface area contributed by atoms with E-state index in [1.807, 2.05) is 6.92 Å². The first-order chi connectivity index (χ1) is 9.00. The average Bonchev–Trinajstić information content (AvgIpc) is 2.38. The van der Waals surface area contributed by atoms with Crippen LogP contribution in [-0.4, -0.2) is 44.9 Å². The highest BCUT2D eigenvalue weighted by Crippen LogP contribution is 2.31. The fourth-order valence-electron chi connectivity index (χ4n) is 2.02. The lowest BCUT2D eigenvalue weighted by molar-refractivity contribution is -0.385. The van der Waals surface area contributed by atoms with Gasteiger partial charge in [0.05, 0.1) is 10.5 Å². The van der Waals surface area contributed by atoms with Gasteiger partial charge in [-0.1, -0.05) is 13.0 Å². The van der Waals surface area contributed by atoms with Crippen molar-refractivity contribution in [3.63, 3.8) is 0 Å². The highest BCUT2D eigenvalue weighted by atomic mass is 32.2. The van der Waals surface area contributed by atoms with Gasteiger partial charge in [-0.3, -0.25) is 14.9 Å². The summed E-state index contributed by atoms with van der Waals surface area (Å²) in [5.41, 5.74) is -0.446. The number of aromatic hydroxyl groups is 1. The number of carbonyl (C=O) groups excluding carboxylic acids is 1. The van der Waals surface area contributed by atoms with Crippen LogP contribution in [0.3, 0.4) is 0 Å². The van der Waals surface area contributed by atoms with Gasteiger partial charge < -0.3 is 10.0 Å². The Morgan fingerprint density at radius 1 is 1.58 bits per heavy atom. The minimum Gasteiger partial charge on any atom is -0.502 e. The standard InChI is InChI=1S/C12H14N2O4S/c1-8-7-13(5-6-19-8)12(16)9-3-2-4-10(11(9)15)14(17)18/h2-4,8,15H,5-7H2,1H3. The van der Waals surface area contributed by atoms with Crippen LogP contribution in [0.1, 0.15) is 17.3 Å². The van der Waals surface area contributed by atoms with Crippen LogP contribution in [-0.2, 0) is 0 Å². The van der Waals surface area contributed by atoms with E-state index in [0.717, 1.165) is 5.75 Å². The summed E-state index contributed by atoms with van der Waals surface area (Å²) in [6, 6.07) is 4.01. The number of nitro benzene ring substituents is 1. The largest absolute Gasteiger partial charge is 0.502 e. The molecule has 7 heteroatoms. The lowest BCUT2D eigenvalue weighted by Gasteiger charge is -2.30. The third kappa shape index (κ3) is 2.81. The van der Waals surface area contributed by atoms with E-state index in [9.17, 15) is 20.0 Å². The summed E-state index contributed by atoms with van der Waals surface area (Å²) < 4.78 is 0. The molecule has 1 aliphatic rings. The first-order valence-electron chi connectivity index (χ1n) is 5.88. The Balaban J connectivity index is 2.28. The number of benzene rings is 1. The molecule has 0 radical (unpaired) electrons. The molecule has 1 atom stereocenters. The zero-order valence-electron chi connectivity index (χ0n) is 10.4. The summed E-state index contributed by atoms with van der Waals surface area (Å²) in [5.74, 6) is -0.0699. The molecule has 1 saturated heterocycles. The quantitative estimate of drug-likeness (QED) is 0.661. The van der Waals surface area contributed by atoms with Crippen molar-refractivity contribution >= 4 is 23.4 Å². The molecule has 1 unspecified atom stereocenters. The lowest BCUT2D eigenvalue weighted by Crippen LogP contribution is -2.41. The second kappa shape index (κ2) is 5.48. The smallest absolute Gasteiger partial charge is 0.311 e. The van der Waals surface area contributed by atoms with Crippen LogP contribution in [0.25, 0.3) is 0 Å². The van der Waals surface area contributed by atoms with Crippen LogP contribution < -0.4 is 0 Å². The molecule has 0 spiro atoms. The van der Waals surface area contributed by atoms with E-state index in [1.165, 1.54) is 18.2 Å². The molecule has 0 aromatic heterocycles. The molecule has 2 rings (SSSR count). The molecule has 1 N–H and O–H groups in total. The highest BCUT2D eigenvalue weighted by Gasteiger charge is 2.27. The molecule has 0 aliphatic carbocycles. The van der Waals surface area contributed by atoms with Gasteiger partial charge in [0.25, 0.3) is 5.91 Å². The van der Waals surface area contributed by atoms with Crippen LogP contribution in [0, 0.1) is 10.1 Å². The van der Waals surface area contributed by atoms with E-state index in [0.29, 0.717) is 18.3 Å². The Labute approximate surface area is 114 Å². The first kappa shape index (κ1) is 13.7. The predicted molar refractivity (Wildman–Crippen MR) is 72.6 cm³/mol. The van der Waals surface area contributed by atoms with Crippen molar-refractivity contribution in [2.45, 2.75) is 12.2 Å². The van der Waals surface area contributed by atoms with Gasteiger partial charge in [-0.25, -0.2) is 0 Å². The van der Waals surface area contributed by atoms with Crippen molar-refractivity contribution in [2.75, 3.05) is 18.8 Å². The third-order valence-corrected chi connectivity index (χ3v) is 4.11. The number of phenolic OH excluding ortho intramolecular Hbond substituents is 1. The number of nitro groups is 1. The minimum absolute atomic E-state index is 0.00620. The normalized spacial score (nSPS) is 19.2. The van der Waals surface area contributed by atoms with Crippen molar-refractivity contribution in [3.8, 4) is 5.75 Å². The minimum atomic E-state index is -0.694. The zero-order valence-corrected chi connectivity index (χ0v) is 11.2. The Morgan fingerprint density at radius 2 is 2.32 bits per heavy atom. The van der Waals surface area contributed by atoms with E-state index in [1.54, 1.807) is 16.7 Å². The fraction of sp³-hybridized carbons (Fsp3) is 0.417. The van der Waals surface area contributed by atoms with Gasteiger partial charge in [0.2, 0.25) is 5.75 Å². The van der Waals surface area contributed by atoms with Crippen molar-refractivity contribution in [1.29, 1.82) is 0 Å². The van der Waals surface area contributed by atoms with Gasteiger partial charge in [0.1, 0.15) is 0 Å². The van der Waals surface area contributed by atoms with Gasteiger partial charge in [-0.15, -0.1) is 0 Å². The summed E-state index contributed by atoms with van der Waals surface area (Å²) in [4.78, 5) is 23.9. The molecule has 102 valence electrons. The summed E-state index contributed by atoms with van der Waals surface area (Å²) in [7, 11) is 0.